The van der Waals surface area contributed by atoms with Crippen molar-refractivity contribution in [2.75, 3.05) is 13.1 Å². The smallest absolute Gasteiger partial charge is 0.323 e. The Balaban J connectivity index is 1.73. The second kappa shape index (κ2) is 5.61. The first-order chi connectivity index (χ1) is 9.95. The standard InChI is InChI=1S/C16H21F3N2/c17-16(18,19)14-4-2-1-3-13(14)15(20)10-21(12-7-8-12)9-11-5-6-11/h1-4,11-12,15H,5-10,20H2. The highest BCUT2D eigenvalue weighted by Crippen LogP contribution is 2.37. The average molecular weight is 298 g/mol. The molecule has 2 nitrogen and oxygen atoms in total. The zero-order valence-electron chi connectivity index (χ0n) is 11.9. The molecule has 1 atom stereocenters. The molecule has 3 rings (SSSR count). The summed E-state index contributed by atoms with van der Waals surface area (Å²) in [6.45, 7) is 1.51. The van der Waals surface area contributed by atoms with Gasteiger partial charge in [0, 0.05) is 25.2 Å². The summed E-state index contributed by atoms with van der Waals surface area (Å²) in [6, 6.07) is 5.64. The van der Waals surface area contributed by atoms with Crippen LogP contribution in [0, 0.1) is 5.92 Å². The molecule has 0 saturated heterocycles. The lowest BCUT2D eigenvalue weighted by Crippen LogP contribution is -2.36. The van der Waals surface area contributed by atoms with Crippen molar-refractivity contribution >= 4 is 0 Å². The first kappa shape index (κ1) is 14.9. The van der Waals surface area contributed by atoms with E-state index in [1.54, 1.807) is 6.07 Å². The minimum Gasteiger partial charge on any atom is -0.323 e. The minimum absolute atomic E-state index is 0.214. The molecule has 2 fully saturated rings. The molecule has 21 heavy (non-hydrogen) atoms. The maximum absolute atomic E-state index is 13.1. The van der Waals surface area contributed by atoms with Gasteiger partial charge in [-0.3, -0.25) is 4.90 Å². The molecule has 0 radical (unpaired) electrons. The molecule has 0 heterocycles. The molecule has 0 aromatic heterocycles. The lowest BCUT2D eigenvalue weighted by atomic mass is 10.00. The van der Waals surface area contributed by atoms with Crippen LogP contribution in [0.5, 0.6) is 0 Å². The maximum atomic E-state index is 13.1. The lowest BCUT2D eigenvalue weighted by Gasteiger charge is -2.27. The molecule has 2 N–H and O–H groups in total. The zero-order valence-corrected chi connectivity index (χ0v) is 11.9. The third kappa shape index (κ3) is 3.77. The van der Waals surface area contributed by atoms with Gasteiger partial charge in [-0.25, -0.2) is 0 Å². The van der Waals surface area contributed by atoms with E-state index >= 15 is 0 Å². The Bertz CT molecular complexity index is 493. The number of halogens is 3. The van der Waals surface area contributed by atoms with Crippen LogP contribution in [0.3, 0.4) is 0 Å². The van der Waals surface area contributed by atoms with Crippen molar-refractivity contribution in [3.05, 3.63) is 35.4 Å². The minimum atomic E-state index is -4.34. The molecule has 2 saturated carbocycles. The third-order valence-corrected chi connectivity index (χ3v) is 4.35. The topological polar surface area (TPSA) is 29.3 Å². The van der Waals surface area contributed by atoms with Crippen molar-refractivity contribution in [2.24, 2.45) is 11.7 Å². The fraction of sp³-hybridized carbons (Fsp3) is 0.625. The summed E-state index contributed by atoms with van der Waals surface area (Å²) in [5.41, 5.74) is 5.73. The van der Waals surface area contributed by atoms with Crippen LogP contribution in [0.2, 0.25) is 0 Å². The molecular weight excluding hydrogens is 277 g/mol. The van der Waals surface area contributed by atoms with E-state index in [4.69, 9.17) is 5.73 Å². The molecule has 0 amide bonds. The Hall–Kier alpha value is -1.07. The van der Waals surface area contributed by atoms with Gasteiger partial charge in [-0.2, -0.15) is 13.2 Å². The van der Waals surface area contributed by atoms with Crippen LogP contribution in [-0.4, -0.2) is 24.0 Å². The Labute approximate surface area is 123 Å². The number of rotatable bonds is 6. The Morgan fingerprint density at radius 1 is 1.14 bits per heavy atom. The SMILES string of the molecule is NC(CN(CC1CC1)C1CC1)c1ccccc1C(F)(F)F. The van der Waals surface area contributed by atoms with Crippen LogP contribution >= 0.6 is 0 Å². The quantitative estimate of drug-likeness (QED) is 0.870. The van der Waals surface area contributed by atoms with Gasteiger partial charge in [-0.1, -0.05) is 18.2 Å². The van der Waals surface area contributed by atoms with Crippen LogP contribution in [0.4, 0.5) is 13.2 Å². The lowest BCUT2D eigenvalue weighted by molar-refractivity contribution is -0.138. The molecule has 0 aliphatic heterocycles. The van der Waals surface area contributed by atoms with Crippen LogP contribution in [0.15, 0.2) is 24.3 Å². The predicted molar refractivity (Wildman–Crippen MR) is 75.7 cm³/mol. The molecule has 116 valence electrons. The summed E-state index contributed by atoms with van der Waals surface area (Å²) in [5.74, 6) is 0.732. The summed E-state index contributed by atoms with van der Waals surface area (Å²) < 4.78 is 39.2. The molecule has 1 aromatic carbocycles. The fourth-order valence-electron chi connectivity index (χ4n) is 2.87. The Morgan fingerprint density at radius 2 is 1.81 bits per heavy atom. The van der Waals surface area contributed by atoms with E-state index in [9.17, 15) is 13.2 Å². The van der Waals surface area contributed by atoms with E-state index in [1.807, 2.05) is 0 Å². The molecule has 0 bridgehead atoms. The first-order valence-corrected chi connectivity index (χ1v) is 7.61. The third-order valence-electron chi connectivity index (χ3n) is 4.35. The van der Waals surface area contributed by atoms with E-state index in [2.05, 4.69) is 4.90 Å². The zero-order chi connectivity index (χ0) is 15.0. The van der Waals surface area contributed by atoms with Crippen molar-refractivity contribution in [1.29, 1.82) is 0 Å². The van der Waals surface area contributed by atoms with Gasteiger partial charge < -0.3 is 5.73 Å². The van der Waals surface area contributed by atoms with Gasteiger partial charge in [0.1, 0.15) is 0 Å². The van der Waals surface area contributed by atoms with Gasteiger partial charge in [0.25, 0.3) is 0 Å². The van der Waals surface area contributed by atoms with Crippen LogP contribution in [0.1, 0.15) is 42.9 Å². The number of nitrogens with zero attached hydrogens (tertiary/aromatic N) is 1. The van der Waals surface area contributed by atoms with Crippen LogP contribution < -0.4 is 5.73 Å². The van der Waals surface area contributed by atoms with E-state index < -0.39 is 17.8 Å². The van der Waals surface area contributed by atoms with E-state index in [0.717, 1.165) is 31.4 Å². The summed E-state index contributed by atoms with van der Waals surface area (Å²) >= 11 is 0. The largest absolute Gasteiger partial charge is 0.416 e. The molecule has 5 heteroatoms. The van der Waals surface area contributed by atoms with Crippen molar-refractivity contribution in [1.82, 2.24) is 4.90 Å². The van der Waals surface area contributed by atoms with Crippen molar-refractivity contribution in [2.45, 2.75) is 43.9 Å². The van der Waals surface area contributed by atoms with Crippen molar-refractivity contribution < 1.29 is 13.2 Å². The van der Waals surface area contributed by atoms with E-state index in [0.29, 0.717) is 12.6 Å². The Kier molecular flexibility index (Phi) is 3.97. The summed E-state index contributed by atoms with van der Waals surface area (Å²) in [4.78, 5) is 2.30. The molecule has 1 aromatic rings. The molecule has 2 aliphatic carbocycles. The second-order valence-corrected chi connectivity index (χ2v) is 6.32. The Morgan fingerprint density at radius 3 is 2.38 bits per heavy atom. The predicted octanol–water partition coefficient (Wildman–Crippen LogP) is 3.58. The fourth-order valence-corrected chi connectivity index (χ4v) is 2.87. The number of benzene rings is 1. The normalized spacial score (nSPS) is 20.8. The number of hydrogen-bond donors (Lipinski definition) is 1. The highest BCUT2D eigenvalue weighted by molar-refractivity contribution is 5.32. The average Bonchev–Trinajstić information content (AvgIpc) is 3.29. The van der Waals surface area contributed by atoms with Gasteiger partial charge in [0.05, 0.1) is 5.56 Å². The summed E-state index contributed by atoms with van der Waals surface area (Å²) in [6.07, 6.45) is 0.463. The van der Waals surface area contributed by atoms with E-state index in [1.165, 1.54) is 25.0 Å². The molecular formula is C16H21F3N2. The van der Waals surface area contributed by atoms with E-state index in [-0.39, 0.29) is 5.56 Å². The van der Waals surface area contributed by atoms with Crippen molar-refractivity contribution in [3.63, 3.8) is 0 Å². The number of nitrogens with two attached hydrogens (primary N) is 1. The summed E-state index contributed by atoms with van der Waals surface area (Å²) in [7, 11) is 0. The monoisotopic (exact) mass is 298 g/mol. The number of hydrogen-bond acceptors (Lipinski definition) is 2. The van der Waals surface area contributed by atoms with Gasteiger partial charge >= 0.3 is 6.18 Å². The van der Waals surface area contributed by atoms with Gasteiger partial charge in [-0.05, 0) is 43.2 Å². The second-order valence-electron chi connectivity index (χ2n) is 6.32. The van der Waals surface area contributed by atoms with Gasteiger partial charge in [0.15, 0.2) is 0 Å². The van der Waals surface area contributed by atoms with Crippen LogP contribution in [0.25, 0.3) is 0 Å². The van der Waals surface area contributed by atoms with Gasteiger partial charge in [-0.15, -0.1) is 0 Å². The van der Waals surface area contributed by atoms with Gasteiger partial charge in [0.2, 0.25) is 0 Å². The highest BCUT2D eigenvalue weighted by Gasteiger charge is 2.37. The highest BCUT2D eigenvalue weighted by atomic mass is 19.4. The summed E-state index contributed by atoms with van der Waals surface area (Å²) in [5, 5.41) is 0. The van der Waals surface area contributed by atoms with Crippen LogP contribution in [-0.2, 0) is 6.18 Å². The number of alkyl halides is 3. The first-order valence-electron chi connectivity index (χ1n) is 7.61. The molecule has 1 unspecified atom stereocenters. The molecule has 2 aliphatic rings. The maximum Gasteiger partial charge on any atom is 0.416 e. The van der Waals surface area contributed by atoms with Crippen molar-refractivity contribution in [3.8, 4) is 0 Å². The molecule has 0 spiro atoms.